The van der Waals surface area contributed by atoms with Crippen molar-refractivity contribution < 1.29 is 31.0 Å². The summed E-state index contributed by atoms with van der Waals surface area (Å²) in [5.41, 5.74) is 0. The van der Waals surface area contributed by atoms with Crippen molar-refractivity contribution in [1.82, 2.24) is 9.55 Å². The van der Waals surface area contributed by atoms with Gasteiger partial charge in [-0.15, -0.1) is 0 Å². The van der Waals surface area contributed by atoms with Crippen LogP contribution < -0.4 is 29.6 Å². The summed E-state index contributed by atoms with van der Waals surface area (Å²) >= 11 is 0. The molecule has 1 heterocycles. The van der Waals surface area contributed by atoms with Crippen molar-refractivity contribution in [3.63, 3.8) is 0 Å². The minimum Gasteiger partial charge on any atom is -1.00 e. The number of hydrogen-bond donors (Lipinski definition) is 0. The van der Waals surface area contributed by atoms with Gasteiger partial charge in [-0.3, -0.25) is 0 Å². The molecule has 1 rings (SSSR count). The van der Waals surface area contributed by atoms with Gasteiger partial charge >= 0.3 is 29.6 Å². The Hall–Kier alpha value is 0.210. The molecule has 8 heavy (non-hydrogen) atoms. The third-order valence-corrected chi connectivity index (χ3v) is 0.924. The van der Waals surface area contributed by atoms with Gasteiger partial charge in [0.15, 0.2) is 0 Å². The number of aromatic nitrogens is 2. The predicted octanol–water partition coefficient (Wildman–Crippen LogP) is -1.98. The maximum Gasteiger partial charge on any atom is 1.00 e. The van der Waals surface area contributed by atoms with E-state index in [0.717, 1.165) is 6.54 Å². The molecule has 0 aliphatic heterocycles. The minimum atomic E-state index is 0. The quantitative estimate of drug-likeness (QED) is 0.393. The minimum absolute atomic E-state index is 0. The van der Waals surface area contributed by atoms with Crippen LogP contribution in [0, 0.1) is 0 Å². The molecular formula is C5H9N2Na. The van der Waals surface area contributed by atoms with Gasteiger partial charge in [0, 0.05) is 18.9 Å². The van der Waals surface area contributed by atoms with Crippen LogP contribution in [0.4, 0.5) is 0 Å². The molecule has 3 heteroatoms. The summed E-state index contributed by atoms with van der Waals surface area (Å²) in [6.45, 7) is 3.10. The Balaban J connectivity index is 0. The topological polar surface area (TPSA) is 17.8 Å². The van der Waals surface area contributed by atoms with Crippen molar-refractivity contribution in [1.29, 1.82) is 0 Å². The zero-order valence-electron chi connectivity index (χ0n) is 6.33. The Bertz CT molecular complexity index is 130. The molecular weight excluding hydrogens is 111 g/mol. The fraction of sp³-hybridized carbons (Fsp3) is 0.400. The third-order valence-electron chi connectivity index (χ3n) is 0.924. The Labute approximate surface area is 72.7 Å². The molecule has 0 fully saturated rings. The van der Waals surface area contributed by atoms with E-state index in [1.165, 1.54) is 0 Å². The molecule has 40 valence electrons. The number of nitrogens with zero attached hydrogens (tertiary/aromatic N) is 2. The summed E-state index contributed by atoms with van der Waals surface area (Å²) in [4.78, 5) is 3.86. The van der Waals surface area contributed by atoms with Crippen molar-refractivity contribution in [2.75, 3.05) is 0 Å². The van der Waals surface area contributed by atoms with E-state index in [4.69, 9.17) is 0 Å². The molecule has 0 aliphatic carbocycles. The first-order valence-corrected chi connectivity index (χ1v) is 2.39. The van der Waals surface area contributed by atoms with Crippen molar-refractivity contribution in [2.45, 2.75) is 13.5 Å². The monoisotopic (exact) mass is 120 g/mol. The Morgan fingerprint density at radius 2 is 2.50 bits per heavy atom. The molecule has 0 aromatic carbocycles. The van der Waals surface area contributed by atoms with Gasteiger partial charge in [-0.2, -0.15) is 0 Å². The van der Waals surface area contributed by atoms with E-state index in [9.17, 15) is 0 Å². The second-order valence-electron chi connectivity index (χ2n) is 1.39. The SMILES string of the molecule is CCn1ccnc1.[H-].[Na+]. The van der Waals surface area contributed by atoms with Gasteiger partial charge in [-0.1, -0.05) is 0 Å². The fourth-order valence-electron chi connectivity index (χ4n) is 0.474. The van der Waals surface area contributed by atoms with Crippen LogP contribution in [0.2, 0.25) is 0 Å². The summed E-state index contributed by atoms with van der Waals surface area (Å²) < 4.78 is 2.01. The summed E-state index contributed by atoms with van der Waals surface area (Å²) in [5.74, 6) is 0. The predicted molar refractivity (Wildman–Crippen MR) is 29.0 cm³/mol. The van der Waals surface area contributed by atoms with Crippen LogP contribution in [0.25, 0.3) is 0 Å². The van der Waals surface area contributed by atoms with Crippen LogP contribution in [0.5, 0.6) is 0 Å². The van der Waals surface area contributed by atoms with E-state index >= 15 is 0 Å². The van der Waals surface area contributed by atoms with Crippen LogP contribution in [0.15, 0.2) is 18.7 Å². The summed E-state index contributed by atoms with van der Waals surface area (Å²) in [5, 5.41) is 0. The van der Waals surface area contributed by atoms with Gasteiger partial charge < -0.3 is 5.99 Å². The second-order valence-corrected chi connectivity index (χ2v) is 1.39. The van der Waals surface area contributed by atoms with Crippen molar-refractivity contribution >= 4 is 0 Å². The maximum absolute atomic E-state index is 3.86. The first-order chi connectivity index (χ1) is 3.43. The Morgan fingerprint density at radius 1 is 1.75 bits per heavy atom. The average molecular weight is 120 g/mol. The molecule has 0 atom stereocenters. The average Bonchev–Trinajstić information content (AvgIpc) is 2.14. The summed E-state index contributed by atoms with van der Waals surface area (Å²) in [6.07, 6.45) is 5.53. The van der Waals surface area contributed by atoms with E-state index in [2.05, 4.69) is 11.9 Å². The van der Waals surface area contributed by atoms with E-state index in [1.54, 1.807) is 12.5 Å². The van der Waals surface area contributed by atoms with E-state index < -0.39 is 0 Å². The first-order valence-electron chi connectivity index (χ1n) is 2.39. The molecule has 0 unspecified atom stereocenters. The van der Waals surface area contributed by atoms with Crippen LogP contribution in [0.3, 0.4) is 0 Å². The number of imidazole rings is 1. The van der Waals surface area contributed by atoms with E-state index in [1.807, 2.05) is 10.8 Å². The standard InChI is InChI=1S/C5H8N2.Na.H/c1-2-7-4-3-6-5-7;;/h3-5H,2H2,1H3;;/q;+1;-1. The molecule has 1 aromatic heterocycles. The van der Waals surface area contributed by atoms with Gasteiger partial charge in [-0.25, -0.2) is 4.98 Å². The van der Waals surface area contributed by atoms with Gasteiger partial charge in [0.05, 0.1) is 6.33 Å². The zero-order valence-corrected chi connectivity index (χ0v) is 7.33. The van der Waals surface area contributed by atoms with Crippen LogP contribution in [0.1, 0.15) is 8.35 Å². The van der Waals surface area contributed by atoms with Gasteiger partial charge in [0.2, 0.25) is 0 Å². The number of aryl methyl sites for hydroxylation is 1. The van der Waals surface area contributed by atoms with Crippen LogP contribution >= 0.6 is 0 Å². The molecule has 0 N–H and O–H groups in total. The van der Waals surface area contributed by atoms with Gasteiger partial charge in [0.1, 0.15) is 0 Å². The van der Waals surface area contributed by atoms with E-state index in [-0.39, 0.29) is 31.0 Å². The molecule has 0 saturated heterocycles. The molecule has 0 radical (unpaired) electrons. The number of rotatable bonds is 1. The third kappa shape index (κ3) is 1.99. The first kappa shape index (κ1) is 8.21. The molecule has 0 bridgehead atoms. The molecule has 0 aliphatic rings. The summed E-state index contributed by atoms with van der Waals surface area (Å²) in [7, 11) is 0. The molecule has 0 saturated carbocycles. The number of hydrogen-bond acceptors (Lipinski definition) is 1. The van der Waals surface area contributed by atoms with Crippen molar-refractivity contribution in [2.24, 2.45) is 0 Å². The van der Waals surface area contributed by atoms with Gasteiger partial charge in [0.25, 0.3) is 0 Å². The maximum atomic E-state index is 3.86. The largest absolute Gasteiger partial charge is 1.00 e. The van der Waals surface area contributed by atoms with Crippen LogP contribution in [-0.2, 0) is 6.54 Å². The zero-order chi connectivity index (χ0) is 5.11. The molecule has 0 spiro atoms. The fourth-order valence-corrected chi connectivity index (χ4v) is 0.474. The van der Waals surface area contributed by atoms with E-state index in [0.29, 0.717) is 0 Å². The molecule has 1 aromatic rings. The second kappa shape index (κ2) is 4.13. The molecule has 2 nitrogen and oxygen atoms in total. The smallest absolute Gasteiger partial charge is 1.00 e. The Kier molecular flexibility index (Phi) is 4.23. The normalized spacial score (nSPS) is 8.12. The Morgan fingerprint density at radius 3 is 2.75 bits per heavy atom. The van der Waals surface area contributed by atoms with Crippen LogP contribution in [-0.4, -0.2) is 9.55 Å². The van der Waals surface area contributed by atoms with Crippen molar-refractivity contribution in [3.8, 4) is 0 Å². The molecule has 0 amide bonds. The van der Waals surface area contributed by atoms with Crippen molar-refractivity contribution in [3.05, 3.63) is 18.7 Å². The summed E-state index contributed by atoms with van der Waals surface area (Å²) in [6, 6.07) is 0. The van der Waals surface area contributed by atoms with Gasteiger partial charge in [-0.05, 0) is 6.92 Å².